The zero-order valence-corrected chi connectivity index (χ0v) is 9.18. The van der Waals surface area contributed by atoms with Crippen molar-refractivity contribution in [3.63, 3.8) is 0 Å². The number of hydrogen-bond donors (Lipinski definition) is 1. The van der Waals surface area contributed by atoms with Crippen LogP contribution < -0.4 is 11.5 Å². The van der Waals surface area contributed by atoms with Gasteiger partial charge in [0.15, 0.2) is 5.82 Å². The zero-order valence-electron chi connectivity index (χ0n) is 9.18. The smallest absolute Gasteiger partial charge is 0.399 e. The Hall–Kier alpha value is -2.04. The highest BCUT2D eigenvalue weighted by Gasteiger charge is 2.14. The first kappa shape index (κ1) is 10.5. The Balaban J connectivity index is 2.56. The average Bonchev–Trinajstić information content (AvgIpc) is 2.61. The Morgan fingerprint density at radius 1 is 1.31 bits per heavy atom. The molecular weight excluding hydrogens is 206 g/mol. The van der Waals surface area contributed by atoms with Crippen LogP contribution in [0.2, 0.25) is 0 Å². The molecule has 5 nitrogen and oxygen atoms in total. The van der Waals surface area contributed by atoms with Crippen LogP contribution in [0.3, 0.4) is 0 Å². The Bertz CT molecular complexity index is 537. The van der Waals surface area contributed by atoms with Crippen LogP contribution in [0.25, 0.3) is 11.4 Å². The summed E-state index contributed by atoms with van der Waals surface area (Å²) in [4.78, 5) is 11.4. The molecule has 0 unspecified atom stereocenters. The minimum atomic E-state index is -0.443. The molecule has 2 rings (SSSR count). The second-order valence-electron chi connectivity index (χ2n) is 3.86. The van der Waals surface area contributed by atoms with Gasteiger partial charge < -0.3 is 5.73 Å². The number of rotatable bonds is 2. The van der Waals surface area contributed by atoms with Gasteiger partial charge in [-0.3, -0.25) is 9.09 Å². The molecule has 1 heterocycles. The Labute approximate surface area is 92.5 Å². The second-order valence-corrected chi connectivity index (χ2v) is 3.86. The number of aromatic nitrogens is 2. The fraction of sp³-hybridized carbons (Fsp3) is 0.273. The SMILES string of the molecule is CC(C)n1c(-c2ccc(N)cc2)noc1=O. The van der Waals surface area contributed by atoms with E-state index in [4.69, 9.17) is 5.73 Å². The molecule has 0 atom stereocenters. The predicted octanol–water partition coefficient (Wildman–Crippen LogP) is 1.67. The molecule has 0 saturated carbocycles. The third kappa shape index (κ3) is 1.71. The van der Waals surface area contributed by atoms with Gasteiger partial charge in [-0.2, -0.15) is 0 Å². The molecule has 1 aromatic heterocycles. The van der Waals surface area contributed by atoms with Gasteiger partial charge in [0.2, 0.25) is 0 Å². The maximum atomic E-state index is 11.4. The molecule has 2 aromatic rings. The summed E-state index contributed by atoms with van der Waals surface area (Å²) in [6.45, 7) is 3.80. The molecule has 0 aliphatic carbocycles. The number of nitrogens with zero attached hydrogens (tertiary/aromatic N) is 2. The predicted molar refractivity (Wildman–Crippen MR) is 61.0 cm³/mol. The Morgan fingerprint density at radius 2 is 1.94 bits per heavy atom. The van der Waals surface area contributed by atoms with Gasteiger partial charge in [-0.05, 0) is 38.1 Å². The van der Waals surface area contributed by atoms with Gasteiger partial charge in [-0.25, -0.2) is 4.79 Å². The number of benzene rings is 1. The van der Waals surface area contributed by atoms with Crippen LogP contribution in [0.1, 0.15) is 19.9 Å². The lowest BCUT2D eigenvalue weighted by molar-refractivity contribution is 0.370. The van der Waals surface area contributed by atoms with E-state index in [0.29, 0.717) is 11.5 Å². The molecular formula is C11H13N3O2. The number of nitrogens with two attached hydrogens (primary N) is 1. The van der Waals surface area contributed by atoms with Crippen LogP contribution in [0, 0.1) is 0 Å². The number of anilines is 1. The first-order chi connectivity index (χ1) is 7.59. The van der Waals surface area contributed by atoms with E-state index >= 15 is 0 Å². The maximum absolute atomic E-state index is 11.4. The molecule has 0 radical (unpaired) electrons. The molecule has 0 aliphatic rings. The molecule has 0 aliphatic heterocycles. The highest BCUT2D eigenvalue weighted by molar-refractivity contribution is 5.58. The molecule has 0 fully saturated rings. The van der Waals surface area contributed by atoms with Gasteiger partial charge in [0.05, 0.1) is 0 Å². The number of hydrogen-bond acceptors (Lipinski definition) is 4. The van der Waals surface area contributed by atoms with Crippen molar-refractivity contribution in [1.82, 2.24) is 9.72 Å². The summed E-state index contributed by atoms with van der Waals surface area (Å²) in [5.41, 5.74) is 7.08. The summed E-state index contributed by atoms with van der Waals surface area (Å²) in [6.07, 6.45) is 0. The van der Waals surface area contributed by atoms with Gasteiger partial charge in [0.1, 0.15) is 0 Å². The van der Waals surface area contributed by atoms with Crippen LogP contribution in [0.15, 0.2) is 33.6 Å². The van der Waals surface area contributed by atoms with Gasteiger partial charge in [0, 0.05) is 17.3 Å². The standard InChI is InChI=1S/C11H13N3O2/c1-7(2)14-10(13-16-11(14)15)8-3-5-9(12)6-4-8/h3-7H,12H2,1-2H3. The third-order valence-electron chi connectivity index (χ3n) is 2.32. The van der Waals surface area contributed by atoms with Crippen LogP contribution in [-0.2, 0) is 0 Å². The quantitative estimate of drug-likeness (QED) is 0.779. The summed E-state index contributed by atoms with van der Waals surface area (Å²) in [5, 5.41) is 3.77. The van der Waals surface area contributed by atoms with Gasteiger partial charge in [-0.15, -0.1) is 0 Å². The fourth-order valence-electron chi connectivity index (χ4n) is 1.54. The molecule has 2 N–H and O–H groups in total. The van der Waals surface area contributed by atoms with E-state index in [-0.39, 0.29) is 6.04 Å². The Kier molecular flexibility index (Phi) is 2.52. The van der Waals surface area contributed by atoms with Crippen LogP contribution in [0.4, 0.5) is 5.69 Å². The summed E-state index contributed by atoms with van der Waals surface area (Å²) in [7, 11) is 0. The minimum absolute atomic E-state index is 0.00584. The van der Waals surface area contributed by atoms with Crippen molar-refractivity contribution in [1.29, 1.82) is 0 Å². The lowest BCUT2D eigenvalue weighted by Gasteiger charge is -2.07. The summed E-state index contributed by atoms with van der Waals surface area (Å²) < 4.78 is 6.17. The molecule has 1 aromatic carbocycles. The summed E-state index contributed by atoms with van der Waals surface area (Å²) >= 11 is 0. The summed E-state index contributed by atoms with van der Waals surface area (Å²) in [6, 6.07) is 7.15. The van der Waals surface area contributed by atoms with Crippen molar-refractivity contribution in [2.45, 2.75) is 19.9 Å². The van der Waals surface area contributed by atoms with E-state index < -0.39 is 5.76 Å². The van der Waals surface area contributed by atoms with E-state index in [1.165, 1.54) is 4.57 Å². The number of nitrogen functional groups attached to an aromatic ring is 1. The molecule has 5 heteroatoms. The van der Waals surface area contributed by atoms with Crippen molar-refractivity contribution >= 4 is 5.69 Å². The molecule has 0 spiro atoms. The van der Waals surface area contributed by atoms with Crippen LogP contribution in [0.5, 0.6) is 0 Å². The van der Waals surface area contributed by atoms with Crippen molar-refractivity contribution in [2.24, 2.45) is 0 Å². The molecule has 84 valence electrons. The van der Waals surface area contributed by atoms with Gasteiger partial charge in [-0.1, -0.05) is 5.16 Å². The monoisotopic (exact) mass is 219 g/mol. The van der Waals surface area contributed by atoms with E-state index in [2.05, 4.69) is 9.68 Å². The van der Waals surface area contributed by atoms with Crippen LogP contribution in [-0.4, -0.2) is 9.72 Å². The average molecular weight is 219 g/mol. The lowest BCUT2D eigenvalue weighted by Crippen LogP contribution is -2.17. The fourth-order valence-corrected chi connectivity index (χ4v) is 1.54. The zero-order chi connectivity index (χ0) is 11.7. The first-order valence-corrected chi connectivity index (χ1v) is 5.03. The van der Waals surface area contributed by atoms with E-state index in [1.54, 1.807) is 12.1 Å². The van der Waals surface area contributed by atoms with Gasteiger partial charge in [0.25, 0.3) is 0 Å². The third-order valence-corrected chi connectivity index (χ3v) is 2.32. The van der Waals surface area contributed by atoms with Gasteiger partial charge >= 0.3 is 5.76 Å². The highest BCUT2D eigenvalue weighted by Crippen LogP contribution is 2.19. The summed E-state index contributed by atoms with van der Waals surface area (Å²) in [5.74, 6) is 0.0850. The van der Waals surface area contributed by atoms with Crippen molar-refractivity contribution in [2.75, 3.05) is 5.73 Å². The van der Waals surface area contributed by atoms with E-state index in [0.717, 1.165) is 5.56 Å². The highest BCUT2D eigenvalue weighted by atomic mass is 16.5. The topological polar surface area (TPSA) is 74.1 Å². The van der Waals surface area contributed by atoms with Crippen LogP contribution >= 0.6 is 0 Å². The molecule has 16 heavy (non-hydrogen) atoms. The normalized spacial score (nSPS) is 10.9. The first-order valence-electron chi connectivity index (χ1n) is 5.03. The van der Waals surface area contributed by atoms with E-state index in [1.807, 2.05) is 26.0 Å². The second kappa shape index (κ2) is 3.84. The molecule has 0 saturated heterocycles. The minimum Gasteiger partial charge on any atom is -0.399 e. The largest absolute Gasteiger partial charge is 0.442 e. The maximum Gasteiger partial charge on any atom is 0.442 e. The molecule has 0 amide bonds. The van der Waals surface area contributed by atoms with Crippen molar-refractivity contribution in [3.05, 3.63) is 34.8 Å². The Morgan fingerprint density at radius 3 is 2.50 bits per heavy atom. The van der Waals surface area contributed by atoms with Crippen molar-refractivity contribution < 1.29 is 4.52 Å². The lowest BCUT2D eigenvalue weighted by atomic mass is 10.2. The van der Waals surface area contributed by atoms with E-state index in [9.17, 15) is 4.79 Å². The molecule has 0 bridgehead atoms. The van der Waals surface area contributed by atoms with Crippen molar-refractivity contribution in [3.8, 4) is 11.4 Å².